The highest BCUT2D eigenvalue weighted by atomic mass is 32.2. The summed E-state index contributed by atoms with van der Waals surface area (Å²) < 4.78 is 28.4. The van der Waals surface area contributed by atoms with Gasteiger partial charge in [-0.1, -0.05) is 0 Å². The van der Waals surface area contributed by atoms with Gasteiger partial charge >= 0.3 is 0 Å². The van der Waals surface area contributed by atoms with Crippen LogP contribution < -0.4 is 16.2 Å². The van der Waals surface area contributed by atoms with Crippen molar-refractivity contribution in [2.75, 3.05) is 11.1 Å². The Morgan fingerprint density at radius 3 is 2.38 bits per heavy atom. The van der Waals surface area contributed by atoms with Crippen LogP contribution in [0.15, 0.2) is 33.6 Å². The molecule has 5 N–H and O–H groups in total. The number of furan rings is 1. The summed E-state index contributed by atoms with van der Waals surface area (Å²) in [5.41, 5.74) is 7.65. The molecular weight excluding hydrogens is 290 g/mol. The van der Waals surface area contributed by atoms with Crippen LogP contribution in [0.2, 0.25) is 0 Å². The topological polar surface area (TPSA) is 111 Å². The molecule has 0 fully saturated rings. The van der Waals surface area contributed by atoms with Crippen molar-refractivity contribution in [3.05, 3.63) is 41.3 Å². The van der Waals surface area contributed by atoms with Crippen LogP contribution in [-0.2, 0) is 10.0 Å². The maximum atomic E-state index is 11.4. The number of rotatable bonds is 4. The van der Waals surface area contributed by atoms with Crippen molar-refractivity contribution in [3.63, 3.8) is 0 Å². The second-order valence-electron chi connectivity index (χ2n) is 5.07. The van der Waals surface area contributed by atoms with Crippen molar-refractivity contribution >= 4 is 21.4 Å². The molecule has 0 saturated carbocycles. The molecule has 1 unspecified atom stereocenters. The third-order valence-corrected chi connectivity index (χ3v) is 4.08. The average molecular weight is 309 g/mol. The van der Waals surface area contributed by atoms with Crippen LogP contribution in [0.1, 0.15) is 30.0 Å². The molecule has 114 valence electrons. The van der Waals surface area contributed by atoms with E-state index in [1.54, 1.807) is 6.07 Å². The molecule has 0 bridgehead atoms. The molecule has 1 aromatic heterocycles. The van der Waals surface area contributed by atoms with E-state index in [9.17, 15) is 8.42 Å². The first kappa shape index (κ1) is 15.4. The summed E-state index contributed by atoms with van der Waals surface area (Å²) in [6.07, 6.45) is 0. The Balaban J connectivity index is 2.31. The van der Waals surface area contributed by atoms with Gasteiger partial charge in [0.1, 0.15) is 11.5 Å². The van der Waals surface area contributed by atoms with E-state index >= 15 is 0 Å². The van der Waals surface area contributed by atoms with Crippen molar-refractivity contribution < 1.29 is 12.8 Å². The van der Waals surface area contributed by atoms with Crippen LogP contribution in [0.4, 0.5) is 11.4 Å². The standard InChI is InChI=1S/C14H19N3O3S/c1-8-4-14(10(3)20-8)9(2)17-12-5-11(15)6-13(7-12)21(16,18)19/h4-7,9,17H,15H2,1-3H3,(H2,16,18,19). The lowest BCUT2D eigenvalue weighted by Gasteiger charge is -2.16. The molecule has 6 nitrogen and oxygen atoms in total. The van der Waals surface area contributed by atoms with Gasteiger partial charge in [0.2, 0.25) is 10.0 Å². The van der Waals surface area contributed by atoms with Crippen LogP contribution in [0.25, 0.3) is 0 Å². The van der Waals surface area contributed by atoms with Gasteiger partial charge in [0.25, 0.3) is 0 Å². The molecule has 0 aliphatic carbocycles. The molecule has 0 spiro atoms. The molecule has 0 saturated heterocycles. The van der Waals surface area contributed by atoms with E-state index in [4.69, 9.17) is 15.3 Å². The number of aryl methyl sites for hydroxylation is 2. The molecule has 0 aliphatic rings. The number of hydrogen-bond donors (Lipinski definition) is 3. The number of nitrogens with one attached hydrogen (secondary N) is 1. The molecule has 7 heteroatoms. The molecule has 0 amide bonds. The van der Waals surface area contributed by atoms with E-state index in [1.807, 2.05) is 26.8 Å². The minimum absolute atomic E-state index is 0.0164. The van der Waals surface area contributed by atoms with Crippen LogP contribution in [0.5, 0.6) is 0 Å². The van der Waals surface area contributed by atoms with Crippen molar-refractivity contribution in [1.29, 1.82) is 0 Å². The fraction of sp³-hybridized carbons (Fsp3) is 0.286. The molecule has 2 rings (SSSR count). The molecule has 0 aliphatic heterocycles. The second-order valence-corrected chi connectivity index (χ2v) is 6.63. The first-order valence-electron chi connectivity index (χ1n) is 6.43. The Morgan fingerprint density at radius 1 is 1.19 bits per heavy atom. The summed E-state index contributed by atoms with van der Waals surface area (Å²) in [5, 5.41) is 8.34. The molecule has 1 heterocycles. The normalized spacial score (nSPS) is 13.1. The quantitative estimate of drug-likeness (QED) is 0.750. The number of anilines is 2. The summed E-state index contributed by atoms with van der Waals surface area (Å²) in [4.78, 5) is -0.0164. The fourth-order valence-corrected chi connectivity index (χ4v) is 2.87. The lowest BCUT2D eigenvalue weighted by Crippen LogP contribution is -2.14. The minimum Gasteiger partial charge on any atom is -0.466 e. The SMILES string of the molecule is Cc1cc(C(C)Nc2cc(N)cc(S(N)(=O)=O)c2)c(C)o1. The van der Waals surface area contributed by atoms with Gasteiger partial charge in [-0.25, -0.2) is 13.6 Å². The van der Waals surface area contributed by atoms with Crippen molar-refractivity contribution in [1.82, 2.24) is 0 Å². The van der Waals surface area contributed by atoms with E-state index in [1.165, 1.54) is 12.1 Å². The zero-order valence-electron chi connectivity index (χ0n) is 12.2. The average Bonchev–Trinajstić information content (AvgIpc) is 2.66. The van der Waals surface area contributed by atoms with Gasteiger partial charge in [0.15, 0.2) is 0 Å². The predicted octanol–water partition coefficient (Wildman–Crippen LogP) is 2.30. The third kappa shape index (κ3) is 3.56. The molecule has 0 radical (unpaired) electrons. The largest absolute Gasteiger partial charge is 0.466 e. The van der Waals surface area contributed by atoms with Crippen molar-refractivity contribution in [2.45, 2.75) is 31.7 Å². The van der Waals surface area contributed by atoms with Crippen molar-refractivity contribution in [2.24, 2.45) is 5.14 Å². The molecule has 1 atom stereocenters. The fourth-order valence-electron chi connectivity index (χ4n) is 2.28. The Morgan fingerprint density at radius 2 is 1.86 bits per heavy atom. The third-order valence-electron chi connectivity index (χ3n) is 3.19. The summed E-state index contributed by atoms with van der Waals surface area (Å²) in [6, 6.07) is 6.34. The molecule has 21 heavy (non-hydrogen) atoms. The lowest BCUT2D eigenvalue weighted by molar-refractivity contribution is 0.500. The van der Waals surface area contributed by atoms with E-state index in [-0.39, 0.29) is 10.9 Å². The molecule has 1 aromatic carbocycles. The summed E-state index contributed by atoms with van der Waals surface area (Å²) in [6.45, 7) is 5.72. The first-order valence-corrected chi connectivity index (χ1v) is 7.98. The number of benzene rings is 1. The highest BCUT2D eigenvalue weighted by Gasteiger charge is 2.15. The number of nitrogens with two attached hydrogens (primary N) is 2. The predicted molar refractivity (Wildman–Crippen MR) is 82.4 cm³/mol. The smallest absolute Gasteiger partial charge is 0.238 e. The van der Waals surface area contributed by atoms with Gasteiger partial charge < -0.3 is 15.5 Å². The second kappa shape index (κ2) is 5.42. The minimum atomic E-state index is -3.79. The van der Waals surface area contributed by atoms with Crippen molar-refractivity contribution in [3.8, 4) is 0 Å². The summed E-state index contributed by atoms with van der Waals surface area (Å²) in [7, 11) is -3.79. The van der Waals surface area contributed by atoms with E-state index in [2.05, 4.69) is 5.32 Å². The number of hydrogen-bond acceptors (Lipinski definition) is 5. The highest BCUT2D eigenvalue weighted by molar-refractivity contribution is 7.89. The summed E-state index contributed by atoms with van der Waals surface area (Å²) in [5.74, 6) is 1.65. The van der Waals surface area contributed by atoms with E-state index in [0.717, 1.165) is 17.1 Å². The van der Waals surface area contributed by atoms with Gasteiger partial charge in [0.05, 0.1) is 10.9 Å². The van der Waals surface area contributed by atoms with Gasteiger partial charge in [-0.05, 0) is 45.0 Å². The Bertz CT molecular complexity index is 766. The Labute approximate surface area is 124 Å². The number of primary sulfonamides is 1. The maximum Gasteiger partial charge on any atom is 0.238 e. The maximum absolute atomic E-state index is 11.4. The van der Waals surface area contributed by atoms with Gasteiger partial charge in [-0.15, -0.1) is 0 Å². The van der Waals surface area contributed by atoms with E-state index in [0.29, 0.717) is 11.4 Å². The molecular formula is C14H19N3O3S. The molecule has 2 aromatic rings. The number of nitrogen functional groups attached to an aromatic ring is 1. The van der Waals surface area contributed by atoms with Gasteiger partial charge in [-0.2, -0.15) is 0 Å². The lowest BCUT2D eigenvalue weighted by atomic mass is 10.1. The Hall–Kier alpha value is -1.99. The van der Waals surface area contributed by atoms with Crippen LogP contribution in [-0.4, -0.2) is 8.42 Å². The summed E-state index contributed by atoms with van der Waals surface area (Å²) >= 11 is 0. The zero-order valence-corrected chi connectivity index (χ0v) is 13.0. The van der Waals surface area contributed by atoms with Gasteiger partial charge in [-0.3, -0.25) is 0 Å². The first-order chi connectivity index (χ1) is 9.66. The van der Waals surface area contributed by atoms with Crippen LogP contribution in [0, 0.1) is 13.8 Å². The Kier molecular flexibility index (Phi) is 3.97. The van der Waals surface area contributed by atoms with E-state index < -0.39 is 10.0 Å². The van der Waals surface area contributed by atoms with Gasteiger partial charge in [0, 0.05) is 16.9 Å². The number of sulfonamides is 1. The monoisotopic (exact) mass is 309 g/mol. The van der Waals surface area contributed by atoms with Crippen LogP contribution >= 0.6 is 0 Å². The zero-order chi connectivity index (χ0) is 15.8. The highest BCUT2D eigenvalue weighted by Crippen LogP contribution is 2.27. The van der Waals surface area contributed by atoms with Crippen LogP contribution in [0.3, 0.4) is 0 Å².